The van der Waals surface area contributed by atoms with Crippen molar-refractivity contribution in [2.45, 2.75) is 33.6 Å². The van der Waals surface area contributed by atoms with Crippen LogP contribution in [0.5, 0.6) is 0 Å². The van der Waals surface area contributed by atoms with Gasteiger partial charge in [0.05, 0.1) is 6.21 Å². The largest absolute Gasteiger partial charge is 0.326 e. The zero-order chi connectivity index (χ0) is 18.2. The van der Waals surface area contributed by atoms with Gasteiger partial charge >= 0.3 is 0 Å². The van der Waals surface area contributed by atoms with Gasteiger partial charge in [-0.2, -0.15) is 5.10 Å². The lowest BCUT2D eigenvalue weighted by molar-refractivity contribution is -0.124. The molecule has 2 amide bonds. The molecule has 0 aliphatic rings. The zero-order valence-electron chi connectivity index (χ0n) is 14.8. The summed E-state index contributed by atoms with van der Waals surface area (Å²) in [6.45, 7) is 5.93. The van der Waals surface area contributed by atoms with Crippen LogP contribution in [0.1, 0.15) is 35.1 Å². The Morgan fingerprint density at radius 1 is 0.960 bits per heavy atom. The van der Waals surface area contributed by atoms with E-state index in [1.807, 2.05) is 63.2 Å². The maximum absolute atomic E-state index is 12.0. The molecule has 0 spiro atoms. The minimum absolute atomic E-state index is 0.0852. The molecule has 25 heavy (non-hydrogen) atoms. The third kappa shape index (κ3) is 6.22. The summed E-state index contributed by atoms with van der Waals surface area (Å²) in [7, 11) is 0. The molecule has 0 aliphatic heterocycles. The van der Waals surface area contributed by atoms with Crippen LogP contribution >= 0.6 is 0 Å². The summed E-state index contributed by atoms with van der Waals surface area (Å²) in [5.41, 5.74) is 7.39. The van der Waals surface area contributed by atoms with Crippen molar-refractivity contribution in [2.24, 2.45) is 5.10 Å². The fourth-order valence-corrected chi connectivity index (χ4v) is 2.38. The molecule has 0 unspecified atom stereocenters. The molecule has 5 heteroatoms. The number of nitrogens with one attached hydrogen (secondary N) is 2. The van der Waals surface area contributed by atoms with E-state index in [9.17, 15) is 9.59 Å². The molecular weight excluding hydrogens is 314 g/mol. The Balaban J connectivity index is 1.76. The second-order valence-electron chi connectivity index (χ2n) is 6.07. The first-order valence-corrected chi connectivity index (χ1v) is 8.20. The van der Waals surface area contributed by atoms with Gasteiger partial charge in [0.2, 0.25) is 11.8 Å². The summed E-state index contributed by atoms with van der Waals surface area (Å²) >= 11 is 0. The Bertz CT molecular complexity index is 797. The number of hydrogen-bond donors (Lipinski definition) is 2. The van der Waals surface area contributed by atoms with E-state index < -0.39 is 0 Å². The Labute approximate surface area is 148 Å². The van der Waals surface area contributed by atoms with Gasteiger partial charge in [0.1, 0.15) is 0 Å². The predicted molar refractivity (Wildman–Crippen MR) is 101 cm³/mol. The van der Waals surface area contributed by atoms with Gasteiger partial charge in [-0.1, -0.05) is 47.5 Å². The van der Waals surface area contributed by atoms with Crippen molar-refractivity contribution in [3.8, 4) is 0 Å². The van der Waals surface area contributed by atoms with Crippen molar-refractivity contribution in [2.75, 3.05) is 5.32 Å². The van der Waals surface area contributed by atoms with Crippen LogP contribution in [0.4, 0.5) is 5.69 Å². The highest BCUT2D eigenvalue weighted by molar-refractivity contribution is 5.94. The average Bonchev–Trinajstić information content (AvgIpc) is 2.56. The van der Waals surface area contributed by atoms with Crippen molar-refractivity contribution < 1.29 is 9.59 Å². The maximum Gasteiger partial charge on any atom is 0.240 e. The monoisotopic (exact) mass is 337 g/mol. The van der Waals surface area contributed by atoms with Gasteiger partial charge < -0.3 is 5.32 Å². The van der Waals surface area contributed by atoms with E-state index in [2.05, 4.69) is 15.8 Å². The van der Waals surface area contributed by atoms with Gasteiger partial charge in [-0.3, -0.25) is 9.59 Å². The van der Waals surface area contributed by atoms with Crippen LogP contribution in [0.2, 0.25) is 0 Å². The minimum atomic E-state index is -0.292. The average molecular weight is 337 g/mol. The minimum Gasteiger partial charge on any atom is -0.326 e. The van der Waals surface area contributed by atoms with Gasteiger partial charge in [0.25, 0.3) is 0 Å². The van der Waals surface area contributed by atoms with Crippen molar-refractivity contribution in [3.63, 3.8) is 0 Å². The number of benzene rings is 2. The number of nitrogens with zero attached hydrogens (tertiary/aromatic N) is 1. The quantitative estimate of drug-likeness (QED) is 0.626. The van der Waals surface area contributed by atoms with Crippen LogP contribution < -0.4 is 10.7 Å². The molecule has 0 saturated carbocycles. The zero-order valence-corrected chi connectivity index (χ0v) is 14.8. The van der Waals surface area contributed by atoms with Gasteiger partial charge in [-0.15, -0.1) is 0 Å². The first-order chi connectivity index (χ1) is 11.9. The van der Waals surface area contributed by atoms with Crippen LogP contribution in [0.3, 0.4) is 0 Å². The summed E-state index contributed by atoms with van der Waals surface area (Å²) in [6, 6.07) is 13.6. The number of carbonyl (C=O) groups is 2. The van der Waals surface area contributed by atoms with Crippen LogP contribution in [0.25, 0.3) is 0 Å². The van der Waals surface area contributed by atoms with Crippen LogP contribution in [-0.2, 0) is 9.59 Å². The van der Waals surface area contributed by atoms with Crippen molar-refractivity contribution in [1.82, 2.24) is 5.43 Å². The molecule has 0 heterocycles. The molecule has 2 rings (SSSR count). The molecule has 2 N–H and O–H groups in total. The Morgan fingerprint density at radius 2 is 1.68 bits per heavy atom. The van der Waals surface area contributed by atoms with E-state index in [1.165, 1.54) is 0 Å². The van der Waals surface area contributed by atoms with Gasteiger partial charge in [-0.05, 0) is 38.0 Å². The highest BCUT2D eigenvalue weighted by atomic mass is 16.2. The van der Waals surface area contributed by atoms with E-state index in [0.29, 0.717) is 0 Å². The normalized spacial score (nSPS) is 10.7. The number of amides is 2. The van der Waals surface area contributed by atoms with E-state index in [1.54, 1.807) is 6.21 Å². The molecule has 0 aliphatic carbocycles. The second kappa shape index (κ2) is 8.78. The number of hydrogen-bond acceptors (Lipinski definition) is 3. The third-order valence-electron chi connectivity index (χ3n) is 3.68. The smallest absolute Gasteiger partial charge is 0.240 e. The molecular formula is C20H23N3O2. The first kappa shape index (κ1) is 18.4. The number of anilines is 1. The predicted octanol–water partition coefficient (Wildman–Crippen LogP) is 3.48. The Hall–Kier alpha value is -2.95. The summed E-state index contributed by atoms with van der Waals surface area (Å²) in [4.78, 5) is 23.7. The number of hydrazone groups is 1. The Kier molecular flexibility index (Phi) is 6.46. The topological polar surface area (TPSA) is 70.6 Å². The lowest BCUT2D eigenvalue weighted by Gasteiger charge is -2.08. The van der Waals surface area contributed by atoms with E-state index in [-0.39, 0.29) is 24.7 Å². The van der Waals surface area contributed by atoms with Crippen LogP contribution in [0, 0.1) is 20.8 Å². The first-order valence-electron chi connectivity index (χ1n) is 8.20. The third-order valence-corrected chi connectivity index (χ3v) is 3.68. The molecule has 0 fully saturated rings. The fraction of sp³-hybridized carbons (Fsp3) is 0.250. The highest BCUT2D eigenvalue weighted by Crippen LogP contribution is 2.16. The maximum atomic E-state index is 12.0. The Morgan fingerprint density at radius 3 is 2.40 bits per heavy atom. The standard InChI is InChI=1S/C20H23N3O2/c1-14-5-4-6-17(12-14)13-21-23-20(25)10-9-19(24)22-18-8-7-15(2)11-16(18)3/h4-8,11-13H,9-10H2,1-3H3,(H,22,24)(H,23,25)/b21-13-. The molecule has 0 radical (unpaired) electrons. The molecule has 130 valence electrons. The molecule has 2 aromatic carbocycles. The number of rotatable bonds is 6. The van der Waals surface area contributed by atoms with Gasteiger partial charge in [-0.25, -0.2) is 5.43 Å². The molecule has 0 aromatic heterocycles. The number of carbonyl (C=O) groups excluding carboxylic acids is 2. The van der Waals surface area contributed by atoms with Crippen LogP contribution in [0.15, 0.2) is 47.6 Å². The molecule has 2 aromatic rings. The van der Waals surface area contributed by atoms with E-state index in [4.69, 9.17) is 0 Å². The van der Waals surface area contributed by atoms with E-state index >= 15 is 0 Å². The second-order valence-corrected chi connectivity index (χ2v) is 6.07. The highest BCUT2D eigenvalue weighted by Gasteiger charge is 2.08. The van der Waals surface area contributed by atoms with Gasteiger partial charge in [0, 0.05) is 18.5 Å². The summed E-state index contributed by atoms with van der Waals surface area (Å²) in [5, 5.41) is 6.74. The SMILES string of the molecule is Cc1cccc(/C=N\NC(=O)CCC(=O)Nc2ccc(C)cc2C)c1. The lowest BCUT2D eigenvalue weighted by atomic mass is 10.1. The van der Waals surface area contributed by atoms with Crippen LogP contribution in [-0.4, -0.2) is 18.0 Å². The number of aryl methyl sites for hydroxylation is 3. The molecule has 0 bridgehead atoms. The summed E-state index contributed by atoms with van der Waals surface area (Å²) < 4.78 is 0. The van der Waals surface area contributed by atoms with E-state index in [0.717, 1.165) is 27.9 Å². The van der Waals surface area contributed by atoms with Crippen molar-refractivity contribution >= 4 is 23.7 Å². The molecule has 0 atom stereocenters. The summed E-state index contributed by atoms with van der Waals surface area (Å²) in [5.74, 6) is -0.482. The summed E-state index contributed by atoms with van der Waals surface area (Å²) in [6.07, 6.45) is 1.78. The van der Waals surface area contributed by atoms with Crippen molar-refractivity contribution in [1.29, 1.82) is 0 Å². The fourth-order valence-electron chi connectivity index (χ4n) is 2.38. The van der Waals surface area contributed by atoms with Gasteiger partial charge in [0.15, 0.2) is 0 Å². The van der Waals surface area contributed by atoms with Crippen molar-refractivity contribution in [3.05, 3.63) is 64.7 Å². The molecule has 0 saturated heterocycles. The molecule has 5 nitrogen and oxygen atoms in total. The lowest BCUT2D eigenvalue weighted by Crippen LogP contribution is -2.20.